The predicted octanol–water partition coefficient (Wildman–Crippen LogP) is 2.86. The van der Waals surface area contributed by atoms with E-state index in [0.717, 1.165) is 17.3 Å². The monoisotopic (exact) mass is 302 g/mol. The maximum Gasteiger partial charge on any atom is 0.139 e. The Morgan fingerprint density at radius 3 is 2.62 bits per heavy atom. The molecule has 3 N–H and O–H groups in total. The van der Waals surface area contributed by atoms with E-state index in [4.69, 9.17) is 11.0 Å². The molecule has 16 heavy (non-hydrogen) atoms. The molecule has 0 aliphatic heterocycles. The topological polar surface area (TPSA) is 70.0 Å². The molecule has 86 valence electrons. The van der Waals surface area contributed by atoms with Crippen molar-refractivity contribution in [3.8, 4) is 11.8 Å². The smallest absolute Gasteiger partial charge is 0.139 e. The van der Waals surface area contributed by atoms with Crippen LogP contribution in [-0.4, -0.2) is 5.11 Å². The van der Waals surface area contributed by atoms with Crippen LogP contribution >= 0.6 is 28.3 Å². The number of hydrogen-bond donors (Lipinski definition) is 2. The highest BCUT2D eigenvalue weighted by molar-refractivity contribution is 9.10. The summed E-state index contributed by atoms with van der Waals surface area (Å²) in [7, 11) is 0. The number of halogens is 2. The summed E-state index contributed by atoms with van der Waals surface area (Å²) in [6.45, 7) is 0. The SMILES string of the molecule is Cl.N#Cc1ccc(Br)c([C@H](N)C2CC2)c1O. The van der Waals surface area contributed by atoms with Crippen LogP contribution in [0, 0.1) is 17.2 Å². The van der Waals surface area contributed by atoms with Crippen LogP contribution in [0.25, 0.3) is 0 Å². The lowest BCUT2D eigenvalue weighted by Crippen LogP contribution is -2.13. The second-order valence-electron chi connectivity index (χ2n) is 3.83. The Labute approximate surface area is 109 Å². The molecule has 3 nitrogen and oxygen atoms in total. The van der Waals surface area contributed by atoms with Crippen LogP contribution in [0.4, 0.5) is 0 Å². The van der Waals surface area contributed by atoms with Crippen LogP contribution in [0.1, 0.15) is 30.0 Å². The Balaban J connectivity index is 0.00000128. The maximum atomic E-state index is 9.88. The van der Waals surface area contributed by atoms with E-state index in [9.17, 15) is 5.11 Å². The number of rotatable bonds is 2. The van der Waals surface area contributed by atoms with Gasteiger partial charge >= 0.3 is 0 Å². The summed E-state index contributed by atoms with van der Waals surface area (Å²) >= 11 is 3.36. The number of phenols is 1. The van der Waals surface area contributed by atoms with E-state index in [-0.39, 0.29) is 29.8 Å². The summed E-state index contributed by atoms with van der Waals surface area (Å²) in [4.78, 5) is 0. The van der Waals surface area contributed by atoms with Crippen LogP contribution in [0.3, 0.4) is 0 Å². The van der Waals surface area contributed by atoms with E-state index in [0.29, 0.717) is 11.5 Å². The van der Waals surface area contributed by atoms with Gasteiger partial charge in [-0.1, -0.05) is 15.9 Å². The second kappa shape index (κ2) is 5.05. The highest BCUT2D eigenvalue weighted by Gasteiger charge is 2.32. The van der Waals surface area contributed by atoms with Crippen molar-refractivity contribution >= 4 is 28.3 Å². The molecule has 0 heterocycles. The first-order valence-electron chi connectivity index (χ1n) is 4.82. The zero-order valence-electron chi connectivity index (χ0n) is 8.48. The van der Waals surface area contributed by atoms with Crippen molar-refractivity contribution in [2.75, 3.05) is 0 Å². The molecule has 1 aliphatic carbocycles. The summed E-state index contributed by atoms with van der Waals surface area (Å²) in [5.41, 5.74) is 6.97. The fourth-order valence-corrected chi connectivity index (χ4v) is 2.27. The van der Waals surface area contributed by atoms with Crippen LogP contribution in [0.15, 0.2) is 16.6 Å². The molecular formula is C11H12BrClN2O. The summed E-state index contributed by atoms with van der Waals surface area (Å²) in [5, 5.41) is 18.7. The van der Waals surface area contributed by atoms with Gasteiger partial charge in [-0.15, -0.1) is 12.4 Å². The molecule has 0 saturated heterocycles. The molecule has 1 aromatic rings. The van der Waals surface area contributed by atoms with Crippen LogP contribution in [0.5, 0.6) is 5.75 Å². The third kappa shape index (κ3) is 2.32. The third-order valence-corrected chi connectivity index (χ3v) is 3.44. The first-order valence-corrected chi connectivity index (χ1v) is 5.61. The zero-order chi connectivity index (χ0) is 11.0. The number of aromatic hydroxyl groups is 1. The lowest BCUT2D eigenvalue weighted by molar-refractivity contribution is 0.453. The maximum absolute atomic E-state index is 9.88. The zero-order valence-corrected chi connectivity index (χ0v) is 10.9. The number of phenolic OH excluding ortho intramolecular Hbond substituents is 1. The summed E-state index contributed by atoms with van der Waals surface area (Å²) < 4.78 is 0.776. The molecule has 0 unspecified atom stereocenters. The van der Waals surface area contributed by atoms with Crippen molar-refractivity contribution < 1.29 is 5.11 Å². The lowest BCUT2D eigenvalue weighted by Gasteiger charge is -2.15. The first-order chi connectivity index (χ1) is 7.15. The van der Waals surface area contributed by atoms with Crippen molar-refractivity contribution in [2.24, 2.45) is 11.7 Å². The van der Waals surface area contributed by atoms with Crippen LogP contribution in [-0.2, 0) is 0 Å². The average Bonchev–Trinajstić information content (AvgIpc) is 3.01. The van der Waals surface area contributed by atoms with Gasteiger partial charge in [0.25, 0.3) is 0 Å². The fraction of sp³-hybridized carbons (Fsp3) is 0.364. The molecule has 0 radical (unpaired) electrons. The fourth-order valence-electron chi connectivity index (χ4n) is 1.68. The van der Waals surface area contributed by atoms with E-state index in [1.54, 1.807) is 12.1 Å². The minimum Gasteiger partial charge on any atom is -0.506 e. The van der Waals surface area contributed by atoms with E-state index in [2.05, 4.69) is 15.9 Å². The first kappa shape index (κ1) is 13.3. The molecule has 1 saturated carbocycles. The molecule has 1 atom stereocenters. The number of nitrogens with zero attached hydrogens (tertiary/aromatic N) is 1. The van der Waals surface area contributed by atoms with Gasteiger partial charge < -0.3 is 10.8 Å². The molecule has 5 heteroatoms. The Kier molecular flexibility index (Phi) is 4.20. The minimum absolute atomic E-state index is 0. The van der Waals surface area contributed by atoms with Gasteiger partial charge in [-0.2, -0.15) is 5.26 Å². The minimum atomic E-state index is -0.173. The van der Waals surface area contributed by atoms with Crippen molar-refractivity contribution in [2.45, 2.75) is 18.9 Å². The summed E-state index contributed by atoms with van der Waals surface area (Å²) in [5.74, 6) is 0.465. The van der Waals surface area contributed by atoms with Crippen molar-refractivity contribution in [1.82, 2.24) is 0 Å². The Morgan fingerprint density at radius 2 is 2.12 bits per heavy atom. The molecule has 1 aliphatic rings. The highest BCUT2D eigenvalue weighted by Crippen LogP contribution is 2.45. The van der Waals surface area contributed by atoms with Crippen LogP contribution in [0.2, 0.25) is 0 Å². The molecule has 1 fully saturated rings. The Hall–Kier alpha value is -0.760. The van der Waals surface area contributed by atoms with E-state index < -0.39 is 0 Å². The van der Waals surface area contributed by atoms with E-state index >= 15 is 0 Å². The molecule has 0 amide bonds. The number of nitriles is 1. The number of benzene rings is 1. The molecule has 1 aromatic carbocycles. The number of hydrogen-bond acceptors (Lipinski definition) is 3. The molecule has 2 rings (SSSR count). The third-order valence-electron chi connectivity index (χ3n) is 2.75. The van der Waals surface area contributed by atoms with Gasteiger partial charge in [0.15, 0.2) is 0 Å². The molecule has 0 bridgehead atoms. The van der Waals surface area contributed by atoms with Gasteiger partial charge in [-0.3, -0.25) is 0 Å². The average molecular weight is 304 g/mol. The van der Waals surface area contributed by atoms with Gasteiger partial charge in [0.05, 0.1) is 5.56 Å². The number of nitrogens with two attached hydrogens (primary N) is 1. The van der Waals surface area contributed by atoms with Gasteiger partial charge in [-0.25, -0.2) is 0 Å². The quantitative estimate of drug-likeness (QED) is 0.882. The Bertz CT molecular complexity index is 440. The van der Waals surface area contributed by atoms with Gasteiger partial charge in [0.2, 0.25) is 0 Å². The van der Waals surface area contributed by atoms with Crippen LogP contribution < -0.4 is 5.73 Å². The summed E-state index contributed by atoms with van der Waals surface area (Å²) in [6, 6.07) is 5.12. The largest absolute Gasteiger partial charge is 0.506 e. The highest BCUT2D eigenvalue weighted by atomic mass is 79.9. The van der Waals surface area contributed by atoms with Crippen molar-refractivity contribution in [3.05, 3.63) is 27.7 Å². The van der Waals surface area contributed by atoms with Gasteiger partial charge in [0.1, 0.15) is 11.8 Å². The van der Waals surface area contributed by atoms with Crippen molar-refractivity contribution in [1.29, 1.82) is 5.26 Å². The normalized spacial score (nSPS) is 16.1. The van der Waals surface area contributed by atoms with E-state index in [1.165, 1.54) is 0 Å². The molecular weight excluding hydrogens is 291 g/mol. The predicted molar refractivity (Wildman–Crippen MR) is 67.4 cm³/mol. The molecule has 0 aromatic heterocycles. The van der Waals surface area contributed by atoms with Gasteiger partial charge in [-0.05, 0) is 30.9 Å². The van der Waals surface area contributed by atoms with Gasteiger partial charge in [0, 0.05) is 16.1 Å². The summed E-state index contributed by atoms with van der Waals surface area (Å²) in [6.07, 6.45) is 2.20. The second-order valence-corrected chi connectivity index (χ2v) is 4.69. The van der Waals surface area contributed by atoms with E-state index in [1.807, 2.05) is 6.07 Å². The van der Waals surface area contributed by atoms with Crippen molar-refractivity contribution in [3.63, 3.8) is 0 Å². The molecule has 0 spiro atoms. The standard InChI is InChI=1S/C11H11BrN2O.ClH/c12-8-4-3-7(5-13)11(15)9(8)10(14)6-1-2-6;/h3-4,6,10,15H,1-2,14H2;1H/t10-;/m1./s1. The lowest BCUT2D eigenvalue weighted by atomic mass is 10.00. The Morgan fingerprint density at radius 1 is 1.50 bits per heavy atom.